The zero-order valence-corrected chi connectivity index (χ0v) is 10.9. The average Bonchev–Trinajstić information content (AvgIpc) is 2.37. The van der Waals surface area contributed by atoms with Gasteiger partial charge in [0.05, 0.1) is 6.07 Å². The Labute approximate surface area is 109 Å². The molecule has 96 valence electrons. The zero-order valence-electron chi connectivity index (χ0n) is 10.9. The molecule has 0 aliphatic rings. The van der Waals surface area contributed by atoms with E-state index in [9.17, 15) is 0 Å². The summed E-state index contributed by atoms with van der Waals surface area (Å²) in [5.41, 5.74) is 2.28. The molecular formula is C14H20N4. The summed E-state index contributed by atoms with van der Waals surface area (Å²) in [6.45, 7) is 7.20. The third-order valence-electron chi connectivity index (χ3n) is 2.54. The predicted molar refractivity (Wildman–Crippen MR) is 72.8 cm³/mol. The number of hydrogen-bond donors (Lipinski definition) is 1. The molecule has 4 nitrogen and oxygen atoms in total. The van der Waals surface area contributed by atoms with Crippen LogP contribution in [0.4, 0.5) is 0 Å². The molecule has 0 aliphatic carbocycles. The average molecular weight is 244 g/mol. The molecule has 0 radical (unpaired) electrons. The summed E-state index contributed by atoms with van der Waals surface area (Å²) < 4.78 is 0. The Balaban J connectivity index is 2.55. The number of rotatable bonds is 8. The number of aromatic nitrogens is 1. The summed E-state index contributed by atoms with van der Waals surface area (Å²) in [5, 5.41) is 11.8. The molecule has 0 saturated carbocycles. The van der Waals surface area contributed by atoms with Crippen molar-refractivity contribution in [3.8, 4) is 6.07 Å². The minimum absolute atomic E-state index is 0.535. The lowest BCUT2D eigenvalue weighted by Crippen LogP contribution is -2.29. The molecule has 1 rings (SSSR count). The summed E-state index contributed by atoms with van der Waals surface area (Å²) in [4.78, 5) is 6.33. The Bertz CT molecular complexity index is 394. The Morgan fingerprint density at radius 2 is 2.44 bits per heavy atom. The first-order valence-corrected chi connectivity index (χ1v) is 6.05. The second-order valence-corrected chi connectivity index (χ2v) is 4.26. The van der Waals surface area contributed by atoms with Crippen molar-refractivity contribution in [3.63, 3.8) is 0 Å². The number of nitrogens with zero attached hydrogens (tertiary/aromatic N) is 3. The van der Waals surface area contributed by atoms with Gasteiger partial charge in [0, 0.05) is 45.0 Å². The smallest absolute Gasteiger partial charge is 0.0635 e. The maximum atomic E-state index is 8.69. The monoisotopic (exact) mass is 244 g/mol. The number of pyridine rings is 1. The van der Waals surface area contributed by atoms with Gasteiger partial charge < -0.3 is 5.32 Å². The molecule has 0 bridgehead atoms. The van der Waals surface area contributed by atoms with E-state index in [1.165, 1.54) is 0 Å². The minimum Gasteiger partial charge on any atom is -0.316 e. The van der Waals surface area contributed by atoms with E-state index in [1.807, 2.05) is 25.4 Å². The van der Waals surface area contributed by atoms with E-state index in [2.05, 4.69) is 27.8 Å². The van der Waals surface area contributed by atoms with Crippen molar-refractivity contribution in [2.24, 2.45) is 0 Å². The highest BCUT2D eigenvalue weighted by Gasteiger charge is 2.07. The molecule has 0 aliphatic heterocycles. The third-order valence-corrected chi connectivity index (χ3v) is 2.54. The molecule has 0 saturated heterocycles. The van der Waals surface area contributed by atoms with Crippen molar-refractivity contribution >= 4 is 0 Å². The molecule has 1 heterocycles. The van der Waals surface area contributed by atoms with Crippen LogP contribution in [0.5, 0.6) is 0 Å². The van der Waals surface area contributed by atoms with E-state index in [-0.39, 0.29) is 0 Å². The van der Waals surface area contributed by atoms with E-state index < -0.39 is 0 Å². The highest BCUT2D eigenvalue weighted by Crippen LogP contribution is 2.06. The number of likely N-dealkylation sites (N-methyl/N-ethyl adjacent to an activating group) is 1. The van der Waals surface area contributed by atoms with Crippen molar-refractivity contribution in [3.05, 3.63) is 42.2 Å². The largest absolute Gasteiger partial charge is 0.316 e. The van der Waals surface area contributed by atoms with Crippen LogP contribution in [0.2, 0.25) is 0 Å². The topological polar surface area (TPSA) is 52.0 Å². The Morgan fingerprint density at radius 3 is 3.06 bits per heavy atom. The van der Waals surface area contributed by atoms with Crippen LogP contribution < -0.4 is 5.32 Å². The van der Waals surface area contributed by atoms with Crippen LogP contribution >= 0.6 is 0 Å². The molecule has 0 atom stereocenters. The minimum atomic E-state index is 0.535. The normalized spacial score (nSPS) is 10.3. The van der Waals surface area contributed by atoms with Crippen LogP contribution in [0.3, 0.4) is 0 Å². The van der Waals surface area contributed by atoms with Crippen molar-refractivity contribution in [2.45, 2.75) is 13.0 Å². The fourth-order valence-corrected chi connectivity index (χ4v) is 1.79. The SMILES string of the molecule is C=C(CNC)CN(CCC#N)Cc1cccnc1. The molecule has 0 unspecified atom stereocenters. The van der Waals surface area contributed by atoms with Crippen LogP contribution in [0.1, 0.15) is 12.0 Å². The van der Waals surface area contributed by atoms with Gasteiger partial charge in [0.25, 0.3) is 0 Å². The molecule has 1 N–H and O–H groups in total. The van der Waals surface area contributed by atoms with Crippen molar-refractivity contribution in [1.82, 2.24) is 15.2 Å². The quantitative estimate of drug-likeness (QED) is 0.705. The molecule has 1 aromatic rings. The Hall–Kier alpha value is -1.70. The van der Waals surface area contributed by atoms with E-state index in [1.54, 1.807) is 6.20 Å². The van der Waals surface area contributed by atoms with Crippen LogP contribution in [0.15, 0.2) is 36.7 Å². The van der Waals surface area contributed by atoms with Crippen molar-refractivity contribution in [1.29, 1.82) is 5.26 Å². The Kier molecular flexibility index (Phi) is 6.70. The van der Waals surface area contributed by atoms with Gasteiger partial charge >= 0.3 is 0 Å². The number of hydrogen-bond acceptors (Lipinski definition) is 4. The summed E-state index contributed by atoms with van der Waals surface area (Å²) in [6.07, 6.45) is 4.16. The lowest BCUT2D eigenvalue weighted by Gasteiger charge is -2.22. The standard InChI is InChI=1S/C14H20N4/c1-13(9-16-2)11-18(8-4-6-15)12-14-5-3-7-17-10-14/h3,5,7,10,16H,1,4,8-9,11-12H2,2H3. The second kappa shape index (κ2) is 8.40. The van der Waals surface area contributed by atoms with Gasteiger partial charge in [0.15, 0.2) is 0 Å². The molecule has 4 heteroatoms. The first-order chi connectivity index (χ1) is 8.76. The molecule has 0 amide bonds. The number of nitriles is 1. The molecule has 0 spiro atoms. The summed E-state index contributed by atoms with van der Waals surface area (Å²) in [5.74, 6) is 0. The van der Waals surface area contributed by atoms with Gasteiger partial charge in [-0.1, -0.05) is 12.6 Å². The van der Waals surface area contributed by atoms with Gasteiger partial charge in [-0.25, -0.2) is 0 Å². The van der Waals surface area contributed by atoms with E-state index in [0.717, 1.165) is 37.3 Å². The molecule has 0 fully saturated rings. The van der Waals surface area contributed by atoms with Gasteiger partial charge in [-0.05, 0) is 24.3 Å². The summed E-state index contributed by atoms with van der Waals surface area (Å²) in [7, 11) is 1.91. The molecule has 18 heavy (non-hydrogen) atoms. The molecule has 1 aromatic heterocycles. The van der Waals surface area contributed by atoms with Crippen LogP contribution in [-0.2, 0) is 6.54 Å². The van der Waals surface area contributed by atoms with E-state index in [0.29, 0.717) is 6.42 Å². The highest BCUT2D eigenvalue weighted by molar-refractivity contribution is 5.09. The fraction of sp³-hybridized carbons (Fsp3) is 0.429. The van der Waals surface area contributed by atoms with Crippen molar-refractivity contribution in [2.75, 3.05) is 26.7 Å². The van der Waals surface area contributed by atoms with Gasteiger partial charge in [-0.3, -0.25) is 9.88 Å². The third kappa shape index (κ3) is 5.58. The number of nitrogens with one attached hydrogen (secondary N) is 1. The first kappa shape index (κ1) is 14.4. The lowest BCUT2D eigenvalue weighted by atomic mass is 10.2. The van der Waals surface area contributed by atoms with Crippen LogP contribution in [-0.4, -0.2) is 36.6 Å². The summed E-state index contributed by atoms with van der Waals surface area (Å²) >= 11 is 0. The maximum Gasteiger partial charge on any atom is 0.0635 e. The van der Waals surface area contributed by atoms with Gasteiger partial charge in [-0.2, -0.15) is 5.26 Å². The van der Waals surface area contributed by atoms with Gasteiger partial charge in [0.1, 0.15) is 0 Å². The zero-order chi connectivity index (χ0) is 13.2. The summed E-state index contributed by atoms with van der Waals surface area (Å²) in [6, 6.07) is 6.17. The van der Waals surface area contributed by atoms with E-state index in [4.69, 9.17) is 5.26 Å². The predicted octanol–water partition coefficient (Wildman–Crippen LogP) is 1.57. The van der Waals surface area contributed by atoms with Crippen molar-refractivity contribution < 1.29 is 0 Å². The highest BCUT2D eigenvalue weighted by atomic mass is 15.1. The first-order valence-electron chi connectivity index (χ1n) is 6.05. The second-order valence-electron chi connectivity index (χ2n) is 4.26. The van der Waals surface area contributed by atoms with Crippen LogP contribution in [0, 0.1) is 11.3 Å². The maximum absolute atomic E-state index is 8.69. The van der Waals surface area contributed by atoms with Crippen LogP contribution in [0.25, 0.3) is 0 Å². The fourth-order valence-electron chi connectivity index (χ4n) is 1.79. The van der Waals surface area contributed by atoms with Gasteiger partial charge in [-0.15, -0.1) is 0 Å². The molecule has 0 aromatic carbocycles. The van der Waals surface area contributed by atoms with E-state index >= 15 is 0 Å². The Morgan fingerprint density at radius 1 is 1.61 bits per heavy atom. The lowest BCUT2D eigenvalue weighted by molar-refractivity contribution is 0.293. The van der Waals surface area contributed by atoms with Gasteiger partial charge in [0.2, 0.25) is 0 Å². The molecular weight excluding hydrogens is 224 g/mol.